The maximum Gasteiger partial charge on any atom is 0.139 e. The van der Waals surface area contributed by atoms with Gasteiger partial charge in [0.05, 0.1) is 0 Å². The van der Waals surface area contributed by atoms with E-state index in [1.165, 1.54) is 0 Å². The Labute approximate surface area is 64.0 Å². The second kappa shape index (κ2) is 2.08. The van der Waals surface area contributed by atoms with Crippen molar-refractivity contribution < 1.29 is 4.79 Å². The van der Waals surface area contributed by atoms with Crippen molar-refractivity contribution >= 4 is 21.7 Å². The van der Waals surface area contributed by atoms with Crippen LogP contribution >= 0.6 is 15.9 Å². The summed E-state index contributed by atoms with van der Waals surface area (Å²) < 4.78 is 0. The number of carbonyl (C=O) groups excluding carboxylic acids is 1. The third kappa shape index (κ3) is 0.936. The van der Waals surface area contributed by atoms with Gasteiger partial charge in [-0.25, -0.2) is 0 Å². The Morgan fingerprint density at radius 3 is 2.44 bits per heavy atom. The first-order valence-corrected chi connectivity index (χ1v) is 4.30. The lowest BCUT2D eigenvalue weighted by Crippen LogP contribution is -2.46. The standard InChI is InChI=1S/C7H11BrO/c1-7(2)5(4-8)3-6(7)9/h5H,3-4H2,1-2H3. The van der Waals surface area contributed by atoms with E-state index in [9.17, 15) is 4.79 Å². The number of ketones is 1. The number of hydrogen-bond donors (Lipinski definition) is 0. The topological polar surface area (TPSA) is 17.1 Å². The highest BCUT2D eigenvalue weighted by Crippen LogP contribution is 2.43. The Morgan fingerprint density at radius 2 is 2.33 bits per heavy atom. The van der Waals surface area contributed by atoms with Gasteiger partial charge >= 0.3 is 0 Å². The largest absolute Gasteiger partial charge is 0.299 e. The van der Waals surface area contributed by atoms with Gasteiger partial charge in [-0.05, 0) is 5.92 Å². The molecular weight excluding hydrogens is 180 g/mol. The second-order valence-electron chi connectivity index (χ2n) is 3.20. The van der Waals surface area contributed by atoms with Crippen molar-refractivity contribution in [1.82, 2.24) is 0 Å². The van der Waals surface area contributed by atoms with Crippen LogP contribution in [0.25, 0.3) is 0 Å². The lowest BCUT2D eigenvalue weighted by atomic mass is 9.62. The third-order valence-electron chi connectivity index (χ3n) is 2.36. The molecule has 0 aliphatic heterocycles. The second-order valence-corrected chi connectivity index (χ2v) is 3.85. The van der Waals surface area contributed by atoms with Gasteiger partial charge in [0.2, 0.25) is 0 Å². The fourth-order valence-corrected chi connectivity index (χ4v) is 2.12. The number of Topliss-reactive ketones (excluding diaryl/α,β-unsaturated/α-hetero) is 1. The normalized spacial score (nSPS) is 31.9. The summed E-state index contributed by atoms with van der Waals surface area (Å²) in [7, 11) is 0. The molecule has 0 amide bonds. The van der Waals surface area contributed by atoms with Crippen LogP contribution in [-0.2, 0) is 4.79 Å². The fraction of sp³-hybridized carbons (Fsp3) is 0.857. The average Bonchev–Trinajstić information content (AvgIpc) is 1.82. The minimum atomic E-state index is -0.0382. The lowest BCUT2D eigenvalue weighted by molar-refractivity contribution is -0.141. The van der Waals surface area contributed by atoms with Crippen LogP contribution in [-0.4, -0.2) is 11.1 Å². The van der Waals surface area contributed by atoms with E-state index < -0.39 is 0 Å². The number of hydrogen-bond acceptors (Lipinski definition) is 1. The summed E-state index contributed by atoms with van der Waals surface area (Å²) in [5, 5.41) is 0.964. The molecule has 1 saturated carbocycles. The molecule has 1 unspecified atom stereocenters. The van der Waals surface area contributed by atoms with Crippen LogP contribution in [0.4, 0.5) is 0 Å². The summed E-state index contributed by atoms with van der Waals surface area (Å²) in [6, 6.07) is 0. The molecule has 0 N–H and O–H groups in total. The molecular formula is C7H11BrO. The molecule has 0 aromatic rings. The van der Waals surface area contributed by atoms with Crippen LogP contribution in [0.15, 0.2) is 0 Å². The summed E-state index contributed by atoms with van der Waals surface area (Å²) in [5.41, 5.74) is -0.0382. The fourth-order valence-electron chi connectivity index (χ4n) is 1.09. The first-order valence-electron chi connectivity index (χ1n) is 3.18. The van der Waals surface area contributed by atoms with Crippen LogP contribution in [0, 0.1) is 11.3 Å². The zero-order valence-electron chi connectivity index (χ0n) is 5.78. The Balaban J connectivity index is 2.58. The van der Waals surface area contributed by atoms with Gasteiger partial charge in [-0.3, -0.25) is 4.79 Å². The molecule has 1 aliphatic rings. The molecule has 1 aliphatic carbocycles. The molecule has 0 heterocycles. The highest BCUT2D eigenvalue weighted by molar-refractivity contribution is 9.09. The van der Waals surface area contributed by atoms with E-state index in [4.69, 9.17) is 0 Å². The summed E-state index contributed by atoms with van der Waals surface area (Å²) >= 11 is 3.38. The lowest BCUT2D eigenvalue weighted by Gasteiger charge is -2.41. The smallest absolute Gasteiger partial charge is 0.139 e. The van der Waals surface area contributed by atoms with Gasteiger partial charge in [0, 0.05) is 17.2 Å². The Hall–Kier alpha value is 0.150. The minimum absolute atomic E-state index is 0.0382. The van der Waals surface area contributed by atoms with Gasteiger partial charge in [-0.2, -0.15) is 0 Å². The van der Waals surface area contributed by atoms with Crippen LogP contribution in [0.2, 0.25) is 0 Å². The first kappa shape index (κ1) is 7.26. The molecule has 52 valence electrons. The van der Waals surface area contributed by atoms with Gasteiger partial charge in [0.25, 0.3) is 0 Å². The molecule has 1 atom stereocenters. The molecule has 9 heavy (non-hydrogen) atoms. The van der Waals surface area contributed by atoms with Crippen molar-refractivity contribution in [3.8, 4) is 0 Å². The van der Waals surface area contributed by atoms with Gasteiger partial charge in [-0.15, -0.1) is 0 Å². The SMILES string of the molecule is CC1(C)C(=O)CC1CBr. The highest BCUT2D eigenvalue weighted by Gasteiger charge is 2.45. The van der Waals surface area contributed by atoms with Gasteiger partial charge < -0.3 is 0 Å². The molecule has 0 radical (unpaired) electrons. The molecule has 0 aromatic carbocycles. The number of carbonyl (C=O) groups is 1. The summed E-state index contributed by atoms with van der Waals surface area (Å²) in [4.78, 5) is 10.9. The summed E-state index contributed by atoms with van der Waals surface area (Å²) in [6.07, 6.45) is 0.776. The minimum Gasteiger partial charge on any atom is -0.299 e. The predicted octanol–water partition coefficient (Wildman–Crippen LogP) is 2.00. The summed E-state index contributed by atoms with van der Waals surface area (Å²) in [6.45, 7) is 4.04. The maximum absolute atomic E-state index is 10.9. The number of halogens is 1. The van der Waals surface area contributed by atoms with Gasteiger partial charge in [0.1, 0.15) is 5.78 Å². The quantitative estimate of drug-likeness (QED) is 0.579. The maximum atomic E-state index is 10.9. The highest BCUT2D eigenvalue weighted by atomic mass is 79.9. The van der Waals surface area contributed by atoms with Crippen LogP contribution in [0.1, 0.15) is 20.3 Å². The zero-order valence-corrected chi connectivity index (χ0v) is 7.36. The van der Waals surface area contributed by atoms with Crippen molar-refractivity contribution in [1.29, 1.82) is 0 Å². The average molecular weight is 191 g/mol. The van der Waals surface area contributed by atoms with E-state index in [-0.39, 0.29) is 5.41 Å². The van der Waals surface area contributed by atoms with Crippen molar-refractivity contribution in [2.75, 3.05) is 5.33 Å². The van der Waals surface area contributed by atoms with Crippen molar-refractivity contribution in [2.45, 2.75) is 20.3 Å². The molecule has 0 aromatic heterocycles. The van der Waals surface area contributed by atoms with Crippen molar-refractivity contribution in [2.24, 2.45) is 11.3 Å². The molecule has 0 saturated heterocycles. The Bertz CT molecular complexity index is 140. The summed E-state index contributed by atoms with van der Waals surface area (Å²) in [5.74, 6) is 0.983. The van der Waals surface area contributed by atoms with Gasteiger partial charge in [0.15, 0.2) is 0 Å². The predicted molar refractivity (Wildman–Crippen MR) is 40.7 cm³/mol. The van der Waals surface area contributed by atoms with E-state index >= 15 is 0 Å². The van der Waals surface area contributed by atoms with E-state index in [2.05, 4.69) is 15.9 Å². The molecule has 2 heteroatoms. The van der Waals surface area contributed by atoms with Gasteiger partial charge in [-0.1, -0.05) is 29.8 Å². The molecule has 1 rings (SSSR count). The third-order valence-corrected chi connectivity index (χ3v) is 3.14. The van der Waals surface area contributed by atoms with Crippen molar-refractivity contribution in [3.05, 3.63) is 0 Å². The number of alkyl halides is 1. The van der Waals surface area contributed by atoms with Crippen LogP contribution in [0.5, 0.6) is 0 Å². The van der Waals surface area contributed by atoms with Crippen LogP contribution in [0.3, 0.4) is 0 Å². The zero-order chi connectivity index (χ0) is 7.07. The van der Waals surface area contributed by atoms with E-state index in [1.54, 1.807) is 0 Å². The molecule has 1 fully saturated rings. The molecule has 0 bridgehead atoms. The first-order chi connectivity index (χ1) is 4.09. The van der Waals surface area contributed by atoms with E-state index in [0.29, 0.717) is 11.7 Å². The Kier molecular flexibility index (Phi) is 1.68. The monoisotopic (exact) mass is 190 g/mol. The number of rotatable bonds is 1. The van der Waals surface area contributed by atoms with E-state index in [0.717, 1.165) is 11.8 Å². The van der Waals surface area contributed by atoms with Crippen LogP contribution < -0.4 is 0 Å². The molecule has 1 nitrogen and oxygen atoms in total. The van der Waals surface area contributed by atoms with Crippen molar-refractivity contribution in [3.63, 3.8) is 0 Å². The van der Waals surface area contributed by atoms with E-state index in [1.807, 2.05) is 13.8 Å². The molecule has 0 spiro atoms. The Morgan fingerprint density at radius 1 is 1.78 bits per heavy atom.